The lowest BCUT2D eigenvalue weighted by Crippen LogP contribution is -2.46. The van der Waals surface area contributed by atoms with Crippen LogP contribution >= 0.6 is 10.8 Å². The van der Waals surface area contributed by atoms with Crippen LogP contribution in [0.4, 0.5) is 0 Å². The molecule has 0 aliphatic carbocycles. The molecule has 0 amide bonds. The van der Waals surface area contributed by atoms with Gasteiger partial charge in [0, 0.05) is 43.2 Å². The normalized spacial score (nSPS) is 16.8. The Morgan fingerprint density at radius 1 is 1.00 bits per heavy atom. The molecule has 0 radical (unpaired) electrons. The molecule has 2 aromatic heterocycles. The molecule has 4 rings (SSSR count). The predicted molar refractivity (Wildman–Crippen MR) is 93.7 cm³/mol. The van der Waals surface area contributed by atoms with Crippen LogP contribution in [0, 0.1) is 0 Å². The van der Waals surface area contributed by atoms with Gasteiger partial charge in [0.15, 0.2) is 0 Å². The standard InChI is InChI=1S/C17H18N4O2S/c22-24(23,21-11-14(12-21)17-19-9-10-20-17)15-6-4-13(5-7-15)16-3-1-2-8-18-16/h1-10,14,22-23H,11-12H2,(H,19,20). The maximum Gasteiger partial charge on any atom is 0.111 e. The Kier molecular flexibility index (Phi) is 3.85. The van der Waals surface area contributed by atoms with Gasteiger partial charge in [0.05, 0.1) is 10.6 Å². The van der Waals surface area contributed by atoms with Gasteiger partial charge >= 0.3 is 0 Å². The van der Waals surface area contributed by atoms with Crippen molar-refractivity contribution in [2.24, 2.45) is 0 Å². The van der Waals surface area contributed by atoms with E-state index in [1.54, 1.807) is 35.0 Å². The Bertz CT molecular complexity index is 800. The molecule has 1 aromatic carbocycles. The number of hydrogen-bond acceptors (Lipinski definition) is 5. The van der Waals surface area contributed by atoms with Crippen molar-refractivity contribution in [2.75, 3.05) is 13.1 Å². The van der Waals surface area contributed by atoms with E-state index in [-0.39, 0.29) is 5.92 Å². The summed E-state index contributed by atoms with van der Waals surface area (Å²) in [4.78, 5) is 12.1. The maximum atomic E-state index is 10.6. The summed E-state index contributed by atoms with van der Waals surface area (Å²) >= 11 is 0. The van der Waals surface area contributed by atoms with E-state index in [0.717, 1.165) is 17.1 Å². The van der Waals surface area contributed by atoms with Crippen LogP contribution in [0.1, 0.15) is 11.7 Å². The molecule has 1 aliphatic heterocycles. The summed E-state index contributed by atoms with van der Waals surface area (Å²) in [6.45, 7) is 1.16. The molecule has 6 nitrogen and oxygen atoms in total. The van der Waals surface area contributed by atoms with Crippen LogP contribution in [0.3, 0.4) is 0 Å². The zero-order chi connectivity index (χ0) is 16.6. The molecular weight excluding hydrogens is 324 g/mol. The second-order valence-electron chi connectivity index (χ2n) is 5.78. The minimum atomic E-state index is -2.95. The molecule has 1 aliphatic rings. The van der Waals surface area contributed by atoms with Gasteiger partial charge in [-0.15, -0.1) is 10.8 Å². The van der Waals surface area contributed by atoms with Crippen LogP contribution in [0.2, 0.25) is 0 Å². The molecule has 24 heavy (non-hydrogen) atoms. The smallest absolute Gasteiger partial charge is 0.111 e. The summed E-state index contributed by atoms with van der Waals surface area (Å²) < 4.78 is 22.9. The van der Waals surface area contributed by atoms with E-state index in [0.29, 0.717) is 18.0 Å². The summed E-state index contributed by atoms with van der Waals surface area (Å²) in [6, 6.07) is 13.0. The molecule has 1 fully saturated rings. The van der Waals surface area contributed by atoms with Crippen LogP contribution in [0.15, 0.2) is 66.0 Å². The monoisotopic (exact) mass is 342 g/mol. The Morgan fingerprint density at radius 3 is 2.42 bits per heavy atom. The van der Waals surface area contributed by atoms with Gasteiger partial charge in [0.25, 0.3) is 0 Å². The number of nitrogens with zero attached hydrogens (tertiary/aromatic N) is 3. The topological polar surface area (TPSA) is 85.3 Å². The molecule has 3 N–H and O–H groups in total. The fraction of sp³-hybridized carbons (Fsp3) is 0.176. The Hall–Kier alpha value is -2.19. The van der Waals surface area contributed by atoms with E-state index < -0.39 is 10.8 Å². The summed E-state index contributed by atoms with van der Waals surface area (Å²) in [5.74, 6) is 1.12. The molecule has 1 saturated heterocycles. The highest BCUT2D eigenvalue weighted by Gasteiger charge is 2.38. The molecule has 7 heteroatoms. The van der Waals surface area contributed by atoms with Crippen LogP contribution in [0.25, 0.3) is 11.3 Å². The van der Waals surface area contributed by atoms with E-state index in [4.69, 9.17) is 0 Å². The third kappa shape index (κ3) is 2.71. The second-order valence-corrected chi connectivity index (χ2v) is 7.80. The Morgan fingerprint density at radius 2 is 1.79 bits per heavy atom. The molecule has 3 heterocycles. The van der Waals surface area contributed by atoms with E-state index in [2.05, 4.69) is 15.0 Å². The number of aromatic amines is 1. The van der Waals surface area contributed by atoms with Gasteiger partial charge in [-0.3, -0.25) is 14.1 Å². The van der Waals surface area contributed by atoms with Gasteiger partial charge in [-0.1, -0.05) is 18.2 Å². The zero-order valence-corrected chi connectivity index (χ0v) is 13.7. The first kappa shape index (κ1) is 15.3. The zero-order valence-electron chi connectivity index (χ0n) is 12.9. The third-order valence-electron chi connectivity index (χ3n) is 4.25. The van der Waals surface area contributed by atoms with Crippen molar-refractivity contribution in [3.05, 3.63) is 66.9 Å². The number of pyridine rings is 1. The minimum Gasteiger partial charge on any atom is -0.348 e. The average molecular weight is 342 g/mol. The molecule has 0 spiro atoms. The molecule has 0 unspecified atom stereocenters. The fourth-order valence-electron chi connectivity index (χ4n) is 2.81. The highest BCUT2D eigenvalue weighted by molar-refractivity contribution is 8.22. The van der Waals surface area contributed by atoms with Crippen molar-refractivity contribution in [3.63, 3.8) is 0 Å². The third-order valence-corrected chi connectivity index (χ3v) is 6.17. The lowest BCUT2D eigenvalue weighted by atomic mass is 10.0. The summed E-state index contributed by atoms with van der Waals surface area (Å²) in [5, 5.41) is 0. The van der Waals surface area contributed by atoms with Gasteiger partial charge in [0.1, 0.15) is 5.82 Å². The van der Waals surface area contributed by atoms with E-state index in [9.17, 15) is 9.11 Å². The van der Waals surface area contributed by atoms with Gasteiger partial charge in [-0.25, -0.2) is 9.29 Å². The summed E-state index contributed by atoms with van der Waals surface area (Å²) in [7, 11) is -2.95. The first-order valence-electron chi connectivity index (χ1n) is 7.69. The van der Waals surface area contributed by atoms with Gasteiger partial charge < -0.3 is 4.98 Å². The van der Waals surface area contributed by atoms with Gasteiger partial charge in [-0.05, 0) is 24.3 Å². The predicted octanol–water partition coefficient (Wildman–Crippen LogP) is 3.60. The average Bonchev–Trinajstić information content (AvgIpc) is 3.08. The number of rotatable bonds is 4. The van der Waals surface area contributed by atoms with E-state index in [1.807, 2.05) is 30.3 Å². The van der Waals surface area contributed by atoms with Crippen molar-refractivity contribution >= 4 is 10.8 Å². The number of H-pyrrole nitrogens is 1. The summed E-state index contributed by atoms with van der Waals surface area (Å²) in [5.41, 5.74) is 1.81. The van der Waals surface area contributed by atoms with Crippen LogP contribution in [-0.2, 0) is 0 Å². The van der Waals surface area contributed by atoms with Crippen LogP contribution < -0.4 is 0 Å². The van der Waals surface area contributed by atoms with Gasteiger partial charge in [0.2, 0.25) is 0 Å². The minimum absolute atomic E-state index is 0.221. The van der Waals surface area contributed by atoms with Gasteiger partial charge in [-0.2, -0.15) is 0 Å². The molecule has 0 atom stereocenters. The molecular formula is C17H18N4O2S. The van der Waals surface area contributed by atoms with Crippen molar-refractivity contribution < 1.29 is 9.11 Å². The first-order chi connectivity index (χ1) is 11.6. The molecule has 0 bridgehead atoms. The number of imidazole rings is 1. The van der Waals surface area contributed by atoms with E-state index in [1.165, 1.54) is 0 Å². The van der Waals surface area contributed by atoms with Crippen molar-refractivity contribution in [1.29, 1.82) is 0 Å². The quantitative estimate of drug-likeness (QED) is 0.674. The highest BCUT2D eigenvalue weighted by atomic mass is 32.3. The van der Waals surface area contributed by atoms with Crippen molar-refractivity contribution in [3.8, 4) is 11.3 Å². The van der Waals surface area contributed by atoms with Crippen molar-refractivity contribution in [2.45, 2.75) is 10.8 Å². The Balaban J connectivity index is 1.49. The van der Waals surface area contributed by atoms with Crippen molar-refractivity contribution in [1.82, 2.24) is 19.3 Å². The van der Waals surface area contributed by atoms with Crippen LogP contribution in [-0.4, -0.2) is 41.5 Å². The molecule has 124 valence electrons. The highest BCUT2D eigenvalue weighted by Crippen LogP contribution is 2.55. The number of aromatic nitrogens is 3. The largest absolute Gasteiger partial charge is 0.348 e. The molecule has 0 saturated carbocycles. The lowest BCUT2D eigenvalue weighted by molar-refractivity contribution is 0.228. The molecule has 3 aromatic rings. The summed E-state index contributed by atoms with van der Waals surface area (Å²) in [6.07, 6.45) is 5.24. The number of benzene rings is 1. The number of nitrogens with one attached hydrogen (secondary N) is 1. The van der Waals surface area contributed by atoms with E-state index >= 15 is 0 Å². The maximum absolute atomic E-state index is 10.6. The SMILES string of the molecule is OS(O)(c1ccc(-c2ccccn2)cc1)N1CC(c2ncc[nH]2)C1. The lowest BCUT2D eigenvalue weighted by Gasteiger charge is -2.50. The number of hydrogen-bond donors (Lipinski definition) is 3. The second kappa shape index (κ2) is 6.03. The first-order valence-corrected chi connectivity index (χ1v) is 9.19. The van der Waals surface area contributed by atoms with Crippen LogP contribution in [0.5, 0.6) is 0 Å². The Labute approximate surface area is 141 Å². The fourth-order valence-corrected chi connectivity index (χ4v) is 4.39.